The molecular formula is C6H11NO4. The second-order valence-electron chi connectivity index (χ2n) is 2.43. The highest BCUT2D eigenvalue weighted by molar-refractivity contribution is 6.05. The molecule has 0 aliphatic carbocycles. The number of carbonyl (C=O) groups excluding carboxylic acids is 2. The average molecular weight is 161 g/mol. The molecule has 11 heavy (non-hydrogen) atoms. The molecule has 0 aromatic heterocycles. The van der Waals surface area contributed by atoms with Crippen LogP contribution in [0, 0.1) is 0 Å². The summed E-state index contributed by atoms with van der Waals surface area (Å²) in [6, 6.07) is 0. The van der Waals surface area contributed by atoms with E-state index in [9.17, 15) is 9.59 Å². The third kappa shape index (κ3) is 1.99. The largest absolute Gasteiger partial charge is 0.352 e. The SMILES string of the molecule is CC(=O)C(O)(O)C(=O)N(C)C. The lowest BCUT2D eigenvalue weighted by Crippen LogP contribution is -2.51. The van der Waals surface area contributed by atoms with Crippen LogP contribution in [0.1, 0.15) is 6.92 Å². The summed E-state index contributed by atoms with van der Waals surface area (Å²) >= 11 is 0. The molecule has 0 radical (unpaired) electrons. The van der Waals surface area contributed by atoms with Crippen LogP contribution in [0.2, 0.25) is 0 Å². The van der Waals surface area contributed by atoms with Crippen LogP contribution in [0.15, 0.2) is 0 Å². The van der Waals surface area contributed by atoms with Crippen molar-refractivity contribution in [3.63, 3.8) is 0 Å². The zero-order valence-electron chi connectivity index (χ0n) is 6.66. The van der Waals surface area contributed by atoms with Crippen LogP contribution in [0.3, 0.4) is 0 Å². The minimum Gasteiger partial charge on any atom is -0.352 e. The average Bonchev–Trinajstić information content (AvgIpc) is 1.85. The maximum absolute atomic E-state index is 10.8. The van der Waals surface area contributed by atoms with Crippen molar-refractivity contribution in [2.45, 2.75) is 12.7 Å². The van der Waals surface area contributed by atoms with Crippen LogP contribution in [-0.2, 0) is 9.59 Å². The molecule has 0 saturated carbocycles. The molecule has 0 rings (SSSR count). The van der Waals surface area contributed by atoms with Crippen molar-refractivity contribution in [1.82, 2.24) is 4.90 Å². The fraction of sp³-hybridized carbons (Fsp3) is 0.667. The van der Waals surface area contributed by atoms with E-state index in [0.29, 0.717) is 0 Å². The van der Waals surface area contributed by atoms with E-state index < -0.39 is 17.5 Å². The first-order chi connectivity index (χ1) is 4.80. The molecule has 1 amide bonds. The fourth-order valence-electron chi connectivity index (χ4n) is 0.462. The number of amides is 1. The van der Waals surface area contributed by atoms with Crippen LogP contribution < -0.4 is 0 Å². The smallest absolute Gasteiger partial charge is 0.306 e. The molecule has 0 unspecified atom stereocenters. The number of Topliss-reactive ketones (excluding diaryl/α,β-unsaturated/α-hetero) is 1. The molecule has 64 valence electrons. The molecule has 0 aromatic rings. The summed E-state index contributed by atoms with van der Waals surface area (Å²) in [5.74, 6) is -4.90. The molecular weight excluding hydrogens is 150 g/mol. The number of ketones is 1. The Bertz CT molecular complexity index is 185. The van der Waals surface area contributed by atoms with Crippen molar-refractivity contribution in [2.24, 2.45) is 0 Å². The van der Waals surface area contributed by atoms with Gasteiger partial charge in [0, 0.05) is 21.0 Å². The van der Waals surface area contributed by atoms with Gasteiger partial charge >= 0.3 is 5.79 Å². The Labute approximate surface area is 64.2 Å². The minimum absolute atomic E-state index is 0.932. The first-order valence-corrected chi connectivity index (χ1v) is 2.97. The number of hydrogen-bond donors (Lipinski definition) is 2. The molecule has 0 atom stereocenters. The normalized spacial score (nSPS) is 11.0. The zero-order chi connectivity index (χ0) is 9.23. The van der Waals surface area contributed by atoms with E-state index in [1.165, 1.54) is 14.1 Å². The van der Waals surface area contributed by atoms with Gasteiger partial charge in [-0.25, -0.2) is 0 Å². The molecule has 0 aliphatic heterocycles. The van der Waals surface area contributed by atoms with Gasteiger partial charge in [0.05, 0.1) is 0 Å². The van der Waals surface area contributed by atoms with Gasteiger partial charge in [-0.05, 0) is 0 Å². The summed E-state index contributed by atoms with van der Waals surface area (Å²) in [6.45, 7) is 0.932. The van der Waals surface area contributed by atoms with E-state index in [-0.39, 0.29) is 0 Å². The summed E-state index contributed by atoms with van der Waals surface area (Å²) in [6.07, 6.45) is 0. The first kappa shape index (κ1) is 10.1. The van der Waals surface area contributed by atoms with Crippen molar-refractivity contribution in [3.05, 3.63) is 0 Å². The maximum Gasteiger partial charge on any atom is 0.306 e. The summed E-state index contributed by atoms with van der Waals surface area (Å²) in [5, 5.41) is 17.7. The van der Waals surface area contributed by atoms with Crippen LogP contribution >= 0.6 is 0 Å². The Balaban J connectivity index is 4.56. The van der Waals surface area contributed by atoms with Crippen LogP contribution in [0.25, 0.3) is 0 Å². The zero-order valence-corrected chi connectivity index (χ0v) is 6.66. The third-order valence-electron chi connectivity index (χ3n) is 1.20. The quantitative estimate of drug-likeness (QED) is 0.375. The Kier molecular flexibility index (Phi) is 2.72. The van der Waals surface area contributed by atoms with Gasteiger partial charge in [-0.2, -0.15) is 0 Å². The lowest BCUT2D eigenvalue weighted by atomic mass is 10.2. The first-order valence-electron chi connectivity index (χ1n) is 2.97. The summed E-state index contributed by atoms with van der Waals surface area (Å²) < 4.78 is 0. The van der Waals surface area contributed by atoms with Crippen LogP contribution in [0.4, 0.5) is 0 Å². The molecule has 2 N–H and O–H groups in total. The Morgan fingerprint density at radius 3 is 1.73 bits per heavy atom. The van der Waals surface area contributed by atoms with E-state index in [2.05, 4.69) is 0 Å². The van der Waals surface area contributed by atoms with Gasteiger partial charge in [-0.3, -0.25) is 9.59 Å². The van der Waals surface area contributed by atoms with Gasteiger partial charge in [0.1, 0.15) is 0 Å². The number of hydrogen-bond acceptors (Lipinski definition) is 4. The summed E-state index contributed by atoms with van der Waals surface area (Å²) in [7, 11) is 2.65. The lowest BCUT2D eigenvalue weighted by molar-refractivity contribution is -0.195. The Morgan fingerprint density at radius 1 is 1.27 bits per heavy atom. The number of likely N-dealkylation sites (N-methyl/N-ethyl adjacent to an activating group) is 1. The third-order valence-corrected chi connectivity index (χ3v) is 1.20. The van der Waals surface area contributed by atoms with Gasteiger partial charge < -0.3 is 15.1 Å². The number of nitrogens with zero attached hydrogens (tertiary/aromatic N) is 1. The predicted octanol–water partition coefficient (Wildman–Crippen LogP) is -1.66. The highest BCUT2D eigenvalue weighted by Gasteiger charge is 2.39. The molecule has 0 aromatic carbocycles. The molecule has 5 heteroatoms. The monoisotopic (exact) mass is 161 g/mol. The second-order valence-corrected chi connectivity index (χ2v) is 2.43. The van der Waals surface area contributed by atoms with Gasteiger partial charge in [0.25, 0.3) is 5.91 Å². The van der Waals surface area contributed by atoms with Crippen LogP contribution in [-0.4, -0.2) is 46.7 Å². The number of carbonyl (C=O) groups is 2. The minimum atomic E-state index is -2.87. The molecule has 0 bridgehead atoms. The Morgan fingerprint density at radius 2 is 1.64 bits per heavy atom. The fourth-order valence-corrected chi connectivity index (χ4v) is 0.462. The van der Waals surface area contributed by atoms with Gasteiger partial charge in [-0.1, -0.05) is 0 Å². The van der Waals surface area contributed by atoms with Gasteiger partial charge in [0.2, 0.25) is 0 Å². The highest BCUT2D eigenvalue weighted by Crippen LogP contribution is 2.03. The molecule has 0 spiro atoms. The number of aliphatic hydroxyl groups is 2. The number of rotatable bonds is 2. The second kappa shape index (κ2) is 2.98. The topological polar surface area (TPSA) is 77.8 Å². The maximum atomic E-state index is 10.8. The van der Waals surface area contributed by atoms with Crippen LogP contribution in [0.5, 0.6) is 0 Å². The molecule has 0 fully saturated rings. The van der Waals surface area contributed by atoms with Crippen molar-refractivity contribution >= 4 is 11.7 Å². The van der Waals surface area contributed by atoms with E-state index in [4.69, 9.17) is 10.2 Å². The van der Waals surface area contributed by atoms with E-state index in [0.717, 1.165) is 11.8 Å². The van der Waals surface area contributed by atoms with Gasteiger partial charge in [-0.15, -0.1) is 0 Å². The van der Waals surface area contributed by atoms with Crippen molar-refractivity contribution in [3.8, 4) is 0 Å². The molecule has 5 nitrogen and oxygen atoms in total. The summed E-state index contributed by atoms with van der Waals surface area (Å²) in [4.78, 5) is 22.2. The van der Waals surface area contributed by atoms with Crippen molar-refractivity contribution in [1.29, 1.82) is 0 Å². The Hall–Kier alpha value is -0.940. The highest BCUT2D eigenvalue weighted by atomic mass is 16.5. The molecule has 0 saturated heterocycles. The van der Waals surface area contributed by atoms with Crippen molar-refractivity contribution < 1.29 is 19.8 Å². The lowest BCUT2D eigenvalue weighted by Gasteiger charge is -2.20. The predicted molar refractivity (Wildman–Crippen MR) is 36.5 cm³/mol. The standard InChI is InChI=1S/C6H11NO4/c1-4(8)6(10,11)5(9)7(2)3/h10-11H,1-3H3. The van der Waals surface area contributed by atoms with E-state index in [1.807, 2.05) is 0 Å². The molecule has 0 heterocycles. The van der Waals surface area contributed by atoms with E-state index in [1.54, 1.807) is 0 Å². The van der Waals surface area contributed by atoms with E-state index >= 15 is 0 Å². The summed E-state index contributed by atoms with van der Waals surface area (Å²) in [5.41, 5.74) is 0. The molecule has 0 aliphatic rings. The van der Waals surface area contributed by atoms with Crippen molar-refractivity contribution in [2.75, 3.05) is 14.1 Å². The van der Waals surface area contributed by atoms with Gasteiger partial charge in [0.15, 0.2) is 5.78 Å².